The first-order valence-corrected chi connectivity index (χ1v) is 9.45. The minimum atomic E-state index is -3.50. The third-order valence-electron chi connectivity index (χ3n) is 3.53. The molecule has 2 aromatic rings. The highest BCUT2D eigenvalue weighted by molar-refractivity contribution is 7.89. The fourth-order valence-corrected chi connectivity index (χ4v) is 4.95. The fraction of sp³-hybridized carbons (Fsp3) is 0.385. The van der Waals surface area contributed by atoms with E-state index in [-0.39, 0.29) is 5.03 Å². The van der Waals surface area contributed by atoms with Crippen LogP contribution >= 0.6 is 22.9 Å². The van der Waals surface area contributed by atoms with Gasteiger partial charge in [0.05, 0.1) is 15.7 Å². The highest BCUT2D eigenvalue weighted by Gasteiger charge is 2.30. The van der Waals surface area contributed by atoms with E-state index in [0.717, 1.165) is 10.7 Å². The summed E-state index contributed by atoms with van der Waals surface area (Å²) in [5, 5.41) is 3.07. The van der Waals surface area contributed by atoms with E-state index < -0.39 is 10.0 Å². The molecule has 9 heteroatoms. The molecule has 3 heterocycles. The molecule has 0 spiro atoms. The van der Waals surface area contributed by atoms with Gasteiger partial charge in [-0.25, -0.2) is 13.4 Å². The molecule has 1 saturated heterocycles. The lowest BCUT2D eigenvalue weighted by molar-refractivity contribution is 0.383. The van der Waals surface area contributed by atoms with Crippen molar-refractivity contribution >= 4 is 38.6 Å². The molecule has 22 heavy (non-hydrogen) atoms. The van der Waals surface area contributed by atoms with E-state index in [4.69, 9.17) is 11.6 Å². The Labute approximate surface area is 138 Å². The van der Waals surface area contributed by atoms with E-state index in [9.17, 15) is 8.42 Å². The predicted octanol–water partition coefficient (Wildman–Crippen LogP) is 2.01. The van der Waals surface area contributed by atoms with Crippen molar-refractivity contribution < 1.29 is 8.42 Å². The Morgan fingerprint density at radius 3 is 2.59 bits per heavy atom. The third-order valence-corrected chi connectivity index (χ3v) is 6.53. The van der Waals surface area contributed by atoms with Crippen LogP contribution in [0.1, 0.15) is 5.01 Å². The van der Waals surface area contributed by atoms with Gasteiger partial charge in [-0.1, -0.05) is 11.6 Å². The number of aromatic nitrogens is 2. The fourth-order valence-electron chi connectivity index (χ4n) is 2.39. The van der Waals surface area contributed by atoms with Crippen molar-refractivity contribution in [3.05, 3.63) is 33.9 Å². The summed E-state index contributed by atoms with van der Waals surface area (Å²) in [6.45, 7) is 3.81. The smallest absolute Gasteiger partial charge is 0.261 e. The van der Waals surface area contributed by atoms with Gasteiger partial charge in [0.15, 0.2) is 5.03 Å². The predicted molar refractivity (Wildman–Crippen MR) is 87.1 cm³/mol. The SMILES string of the molecule is Cc1nc(S(=O)(=O)N2CCN(c3ccncc3Cl)CC2)cs1. The van der Waals surface area contributed by atoms with Crippen molar-refractivity contribution in [1.82, 2.24) is 14.3 Å². The number of sulfonamides is 1. The molecule has 0 atom stereocenters. The summed E-state index contributed by atoms with van der Waals surface area (Å²) < 4.78 is 26.5. The second kappa shape index (κ2) is 6.11. The summed E-state index contributed by atoms with van der Waals surface area (Å²) in [6.07, 6.45) is 3.28. The Morgan fingerprint density at radius 1 is 1.27 bits per heavy atom. The average molecular weight is 359 g/mol. The molecule has 0 aliphatic carbocycles. The zero-order chi connectivity index (χ0) is 15.7. The van der Waals surface area contributed by atoms with Gasteiger partial charge in [-0.05, 0) is 13.0 Å². The van der Waals surface area contributed by atoms with Crippen molar-refractivity contribution in [3.8, 4) is 0 Å². The van der Waals surface area contributed by atoms with E-state index in [0.29, 0.717) is 31.2 Å². The number of aryl methyl sites for hydroxylation is 1. The first-order valence-electron chi connectivity index (χ1n) is 6.75. The lowest BCUT2D eigenvalue weighted by Gasteiger charge is -2.35. The normalized spacial score (nSPS) is 16.9. The summed E-state index contributed by atoms with van der Waals surface area (Å²) in [6, 6.07) is 1.84. The standard InChI is InChI=1S/C13H15ClN4O2S2/c1-10-16-13(9-21-10)22(19,20)18-6-4-17(5-7-18)12-2-3-15-8-11(12)14/h2-3,8-9H,4-7H2,1H3. The molecule has 0 amide bonds. The van der Waals surface area contributed by atoms with E-state index in [1.54, 1.807) is 24.7 Å². The topological polar surface area (TPSA) is 66.4 Å². The molecular weight excluding hydrogens is 344 g/mol. The van der Waals surface area contributed by atoms with Gasteiger partial charge in [-0.15, -0.1) is 11.3 Å². The zero-order valence-electron chi connectivity index (χ0n) is 11.9. The van der Waals surface area contributed by atoms with Crippen LogP contribution < -0.4 is 4.90 Å². The van der Waals surface area contributed by atoms with Gasteiger partial charge >= 0.3 is 0 Å². The Hall–Kier alpha value is -1.22. The second-order valence-corrected chi connectivity index (χ2v) is 8.28. The molecule has 0 bridgehead atoms. The number of hydrogen-bond acceptors (Lipinski definition) is 6. The van der Waals surface area contributed by atoms with Crippen molar-refractivity contribution in [2.45, 2.75) is 11.9 Å². The second-order valence-electron chi connectivity index (χ2n) is 4.92. The third kappa shape index (κ3) is 2.96. The number of anilines is 1. The minimum Gasteiger partial charge on any atom is -0.368 e. The molecule has 1 aliphatic heterocycles. The lowest BCUT2D eigenvalue weighted by Crippen LogP contribution is -2.48. The van der Waals surface area contributed by atoms with Crippen molar-refractivity contribution in [1.29, 1.82) is 0 Å². The summed E-state index contributed by atoms with van der Waals surface area (Å²) >= 11 is 7.48. The number of nitrogens with zero attached hydrogens (tertiary/aromatic N) is 4. The van der Waals surface area contributed by atoms with Crippen LogP contribution in [0.4, 0.5) is 5.69 Å². The molecule has 0 unspecified atom stereocenters. The van der Waals surface area contributed by atoms with Gasteiger partial charge in [0.1, 0.15) is 0 Å². The van der Waals surface area contributed by atoms with Crippen molar-refractivity contribution in [2.24, 2.45) is 0 Å². The van der Waals surface area contributed by atoms with Gasteiger partial charge in [-0.3, -0.25) is 4.98 Å². The molecule has 0 aromatic carbocycles. The number of thiazole rings is 1. The molecule has 0 saturated carbocycles. The van der Waals surface area contributed by atoms with E-state index in [2.05, 4.69) is 14.9 Å². The first-order chi connectivity index (χ1) is 10.5. The Balaban J connectivity index is 1.73. The van der Waals surface area contributed by atoms with Crippen LogP contribution in [0.5, 0.6) is 0 Å². The monoisotopic (exact) mass is 358 g/mol. The van der Waals surface area contributed by atoms with Crippen molar-refractivity contribution in [2.75, 3.05) is 31.1 Å². The zero-order valence-corrected chi connectivity index (χ0v) is 14.3. The summed E-state index contributed by atoms with van der Waals surface area (Å²) in [7, 11) is -3.50. The Kier molecular flexibility index (Phi) is 4.35. The van der Waals surface area contributed by atoms with Crippen LogP contribution in [0.25, 0.3) is 0 Å². The number of halogens is 1. The molecule has 0 radical (unpaired) electrons. The number of rotatable bonds is 3. The molecule has 1 aliphatic rings. The molecule has 118 valence electrons. The highest BCUT2D eigenvalue weighted by atomic mass is 35.5. The number of hydrogen-bond donors (Lipinski definition) is 0. The van der Waals surface area contributed by atoms with Crippen LogP contribution in [-0.4, -0.2) is 48.9 Å². The van der Waals surface area contributed by atoms with Gasteiger partial charge in [0.25, 0.3) is 10.0 Å². The molecule has 2 aromatic heterocycles. The van der Waals surface area contributed by atoms with Gasteiger partial charge in [-0.2, -0.15) is 4.31 Å². The van der Waals surface area contributed by atoms with Crippen LogP contribution in [0, 0.1) is 6.92 Å². The van der Waals surface area contributed by atoms with Crippen LogP contribution in [-0.2, 0) is 10.0 Å². The largest absolute Gasteiger partial charge is 0.368 e. The minimum absolute atomic E-state index is 0.144. The average Bonchev–Trinajstić information content (AvgIpc) is 2.95. The van der Waals surface area contributed by atoms with Crippen LogP contribution in [0.15, 0.2) is 28.9 Å². The van der Waals surface area contributed by atoms with E-state index in [1.165, 1.54) is 15.6 Å². The van der Waals surface area contributed by atoms with E-state index >= 15 is 0 Å². The quantitative estimate of drug-likeness (QED) is 0.839. The van der Waals surface area contributed by atoms with Crippen LogP contribution in [0.2, 0.25) is 5.02 Å². The first kappa shape index (κ1) is 15.7. The maximum atomic E-state index is 12.5. The van der Waals surface area contributed by atoms with E-state index in [1.807, 2.05) is 6.07 Å². The molecule has 6 nitrogen and oxygen atoms in total. The summed E-state index contributed by atoms with van der Waals surface area (Å²) in [5.74, 6) is 0. The van der Waals surface area contributed by atoms with Crippen molar-refractivity contribution in [3.63, 3.8) is 0 Å². The Morgan fingerprint density at radius 2 is 2.00 bits per heavy atom. The molecular formula is C13H15ClN4O2S2. The van der Waals surface area contributed by atoms with Gasteiger partial charge < -0.3 is 4.90 Å². The maximum Gasteiger partial charge on any atom is 0.261 e. The summed E-state index contributed by atoms with van der Waals surface area (Å²) in [4.78, 5) is 10.1. The maximum absolute atomic E-state index is 12.5. The summed E-state index contributed by atoms with van der Waals surface area (Å²) in [5.41, 5.74) is 0.887. The molecule has 1 fully saturated rings. The van der Waals surface area contributed by atoms with Crippen LogP contribution in [0.3, 0.4) is 0 Å². The molecule has 3 rings (SSSR count). The molecule has 0 N–H and O–H groups in total. The number of pyridine rings is 1. The number of piperazine rings is 1. The highest BCUT2D eigenvalue weighted by Crippen LogP contribution is 2.26. The van der Waals surface area contributed by atoms with Gasteiger partial charge in [0, 0.05) is 44.0 Å². The lowest BCUT2D eigenvalue weighted by atomic mass is 10.3. The Bertz CT molecular complexity index is 770. The van der Waals surface area contributed by atoms with Gasteiger partial charge in [0.2, 0.25) is 0 Å².